The molecule has 2 aromatic rings. The van der Waals surface area contributed by atoms with E-state index in [1.807, 2.05) is 18.8 Å². The molecule has 1 heterocycles. The van der Waals surface area contributed by atoms with Gasteiger partial charge in [0.05, 0.1) is 5.52 Å². The summed E-state index contributed by atoms with van der Waals surface area (Å²) < 4.78 is 1.94. The predicted molar refractivity (Wildman–Crippen MR) is 63.1 cm³/mol. The quantitative estimate of drug-likeness (QED) is 0.822. The van der Waals surface area contributed by atoms with Crippen LogP contribution < -0.4 is 5.32 Å². The van der Waals surface area contributed by atoms with Crippen LogP contribution >= 0.6 is 0 Å². The number of fused-ring (bicyclic) bond motifs is 1. The fourth-order valence-corrected chi connectivity index (χ4v) is 1.80. The maximum Gasteiger partial charge on any atom is 0.0928 e. The molecule has 0 bridgehead atoms. The molecule has 0 aliphatic carbocycles. The summed E-state index contributed by atoms with van der Waals surface area (Å²) >= 11 is 0. The minimum atomic E-state index is 1.01. The highest BCUT2D eigenvalue weighted by molar-refractivity contribution is 5.81. The molecule has 2 rings (SSSR count). The lowest BCUT2D eigenvalue weighted by atomic mass is 10.1. The Hall–Kier alpha value is -1.35. The van der Waals surface area contributed by atoms with Gasteiger partial charge in [-0.05, 0) is 38.6 Å². The van der Waals surface area contributed by atoms with Gasteiger partial charge in [-0.2, -0.15) is 5.10 Å². The van der Waals surface area contributed by atoms with E-state index in [1.165, 1.54) is 16.6 Å². The first-order chi connectivity index (χ1) is 7.22. The van der Waals surface area contributed by atoms with Crippen LogP contribution in [-0.2, 0) is 13.5 Å². The summed E-state index contributed by atoms with van der Waals surface area (Å²) in [5.74, 6) is 0. The molecule has 0 amide bonds. The minimum Gasteiger partial charge on any atom is -0.319 e. The number of rotatable bonds is 3. The molecular weight excluding hydrogens is 186 g/mol. The standard InChI is InChI=1S/C12H17N3/c1-9-11-5-4-10(6-7-13-2)8-12(11)14-15(9)3/h4-5,8,13H,6-7H2,1-3H3. The van der Waals surface area contributed by atoms with E-state index in [0.29, 0.717) is 0 Å². The first kappa shape index (κ1) is 10.2. The van der Waals surface area contributed by atoms with Crippen LogP contribution in [0.3, 0.4) is 0 Å². The van der Waals surface area contributed by atoms with E-state index in [9.17, 15) is 0 Å². The molecule has 0 spiro atoms. The Kier molecular flexibility index (Phi) is 2.73. The maximum absolute atomic E-state index is 4.48. The number of nitrogens with one attached hydrogen (secondary N) is 1. The van der Waals surface area contributed by atoms with Crippen LogP contribution in [0.25, 0.3) is 10.9 Å². The van der Waals surface area contributed by atoms with Gasteiger partial charge in [0.1, 0.15) is 0 Å². The van der Waals surface area contributed by atoms with Crippen LogP contribution in [0.15, 0.2) is 18.2 Å². The third-order valence-corrected chi connectivity index (χ3v) is 2.86. The second kappa shape index (κ2) is 4.03. The molecule has 0 aliphatic rings. The zero-order chi connectivity index (χ0) is 10.8. The van der Waals surface area contributed by atoms with Gasteiger partial charge >= 0.3 is 0 Å². The lowest BCUT2D eigenvalue weighted by Crippen LogP contribution is -2.10. The van der Waals surface area contributed by atoms with Crippen molar-refractivity contribution in [2.45, 2.75) is 13.3 Å². The van der Waals surface area contributed by atoms with Crippen LogP contribution in [-0.4, -0.2) is 23.4 Å². The second-order valence-electron chi connectivity index (χ2n) is 3.91. The third-order valence-electron chi connectivity index (χ3n) is 2.86. The van der Waals surface area contributed by atoms with Crippen molar-refractivity contribution in [3.8, 4) is 0 Å². The normalized spacial score (nSPS) is 11.1. The molecule has 1 N–H and O–H groups in total. The summed E-state index contributed by atoms with van der Waals surface area (Å²) in [7, 11) is 3.96. The number of aryl methyl sites for hydroxylation is 2. The number of aromatic nitrogens is 2. The molecule has 0 radical (unpaired) electrons. The van der Waals surface area contributed by atoms with E-state index >= 15 is 0 Å². The van der Waals surface area contributed by atoms with Crippen LogP contribution in [0.1, 0.15) is 11.3 Å². The molecule has 3 nitrogen and oxygen atoms in total. The molecule has 0 saturated heterocycles. The maximum atomic E-state index is 4.48. The summed E-state index contributed by atoms with van der Waals surface area (Å²) in [6, 6.07) is 6.54. The largest absolute Gasteiger partial charge is 0.319 e. The highest BCUT2D eigenvalue weighted by atomic mass is 15.3. The van der Waals surface area contributed by atoms with Crippen molar-refractivity contribution in [1.29, 1.82) is 0 Å². The van der Waals surface area contributed by atoms with Crippen LogP contribution in [0.5, 0.6) is 0 Å². The van der Waals surface area contributed by atoms with Crippen molar-refractivity contribution >= 4 is 10.9 Å². The van der Waals surface area contributed by atoms with E-state index in [1.54, 1.807) is 0 Å². The van der Waals surface area contributed by atoms with E-state index < -0.39 is 0 Å². The van der Waals surface area contributed by atoms with Gasteiger partial charge < -0.3 is 5.32 Å². The van der Waals surface area contributed by atoms with Crippen molar-refractivity contribution in [2.75, 3.05) is 13.6 Å². The van der Waals surface area contributed by atoms with E-state index in [4.69, 9.17) is 0 Å². The van der Waals surface area contributed by atoms with Gasteiger partial charge in [0, 0.05) is 18.1 Å². The van der Waals surface area contributed by atoms with Crippen LogP contribution in [0.2, 0.25) is 0 Å². The van der Waals surface area contributed by atoms with Crippen LogP contribution in [0, 0.1) is 6.92 Å². The van der Waals surface area contributed by atoms with Gasteiger partial charge in [-0.15, -0.1) is 0 Å². The molecule has 1 aromatic carbocycles. The Bertz CT molecular complexity index is 471. The highest BCUT2D eigenvalue weighted by Crippen LogP contribution is 2.18. The summed E-state index contributed by atoms with van der Waals surface area (Å²) in [4.78, 5) is 0. The van der Waals surface area contributed by atoms with E-state index in [0.717, 1.165) is 18.5 Å². The molecule has 0 atom stereocenters. The smallest absolute Gasteiger partial charge is 0.0928 e. The number of hydrogen-bond donors (Lipinski definition) is 1. The van der Waals surface area contributed by atoms with E-state index in [-0.39, 0.29) is 0 Å². The molecule has 1 aromatic heterocycles. The van der Waals surface area contributed by atoms with Crippen molar-refractivity contribution in [3.05, 3.63) is 29.5 Å². The van der Waals surface area contributed by atoms with Gasteiger partial charge in [0.15, 0.2) is 0 Å². The van der Waals surface area contributed by atoms with Crippen molar-refractivity contribution in [1.82, 2.24) is 15.1 Å². The average Bonchev–Trinajstić information content (AvgIpc) is 2.52. The van der Waals surface area contributed by atoms with Crippen molar-refractivity contribution in [2.24, 2.45) is 7.05 Å². The summed E-state index contributed by atoms with van der Waals surface area (Å²) in [6.07, 6.45) is 1.06. The molecule has 3 heteroatoms. The molecule has 0 saturated carbocycles. The SMILES string of the molecule is CNCCc1ccc2c(C)n(C)nc2c1. The molecule has 0 fully saturated rings. The summed E-state index contributed by atoms with van der Waals surface area (Å²) in [6.45, 7) is 3.11. The topological polar surface area (TPSA) is 29.9 Å². The summed E-state index contributed by atoms with van der Waals surface area (Å²) in [5, 5.41) is 8.89. The number of likely N-dealkylation sites (N-methyl/N-ethyl adjacent to an activating group) is 1. The van der Waals surface area contributed by atoms with Gasteiger partial charge in [-0.25, -0.2) is 0 Å². The molecule has 0 unspecified atom stereocenters. The lowest BCUT2D eigenvalue weighted by molar-refractivity contribution is 0.750. The molecule has 15 heavy (non-hydrogen) atoms. The second-order valence-corrected chi connectivity index (χ2v) is 3.91. The first-order valence-corrected chi connectivity index (χ1v) is 5.29. The molecular formula is C12H17N3. The Morgan fingerprint density at radius 3 is 2.93 bits per heavy atom. The van der Waals surface area contributed by atoms with Crippen LogP contribution in [0.4, 0.5) is 0 Å². The minimum absolute atomic E-state index is 1.01. The Morgan fingerprint density at radius 1 is 1.40 bits per heavy atom. The summed E-state index contributed by atoms with van der Waals surface area (Å²) in [5.41, 5.74) is 3.67. The average molecular weight is 203 g/mol. The third kappa shape index (κ3) is 1.88. The fourth-order valence-electron chi connectivity index (χ4n) is 1.80. The lowest BCUT2D eigenvalue weighted by Gasteiger charge is -2.00. The van der Waals surface area contributed by atoms with Gasteiger partial charge in [0.25, 0.3) is 0 Å². The first-order valence-electron chi connectivity index (χ1n) is 5.29. The highest BCUT2D eigenvalue weighted by Gasteiger charge is 2.04. The van der Waals surface area contributed by atoms with Crippen molar-refractivity contribution < 1.29 is 0 Å². The number of benzene rings is 1. The van der Waals surface area contributed by atoms with Gasteiger partial charge in [-0.1, -0.05) is 12.1 Å². The number of nitrogens with zero attached hydrogens (tertiary/aromatic N) is 2. The van der Waals surface area contributed by atoms with Gasteiger partial charge in [0.2, 0.25) is 0 Å². The Morgan fingerprint density at radius 2 is 2.20 bits per heavy atom. The number of hydrogen-bond acceptors (Lipinski definition) is 2. The zero-order valence-corrected chi connectivity index (χ0v) is 9.54. The predicted octanol–water partition coefficient (Wildman–Crippen LogP) is 1.64. The zero-order valence-electron chi connectivity index (χ0n) is 9.54. The Balaban J connectivity index is 2.39. The Labute approximate surface area is 90.1 Å². The molecule has 0 aliphatic heterocycles. The monoisotopic (exact) mass is 203 g/mol. The molecule has 80 valence electrons. The fraction of sp³-hybridized carbons (Fsp3) is 0.417. The van der Waals surface area contributed by atoms with Gasteiger partial charge in [-0.3, -0.25) is 4.68 Å². The van der Waals surface area contributed by atoms with Crippen molar-refractivity contribution in [3.63, 3.8) is 0 Å². The van der Waals surface area contributed by atoms with E-state index in [2.05, 4.69) is 35.5 Å².